The first-order valence-electron chi connectivity index (χ1n) is 6.49. The van der Waals surface area contributed by atoms with E-state index in [0.29, 0.717) is 25.9 Å². The average Bonchev–Trinajstić information content (AvgIpc) is 2.86. The molecule has 1 aliphatic rings. The molecule has 1 saturated heterocycles. The Morgan fingerprint density at radius 3 is 2.70 bits per heavy atom. The number of carbonyl (C=O) groups is 1. The van der Waals surface area contributed by atoms with Crippen LogP contribution < -0.4 is 10.6 Å². The molecule has 20 heavy (non-hydrogen) atoms. The molecule has 7 heteroatoms. The van der Waals surface area contributed by atoms with Crippen molar-refractivity contribution in [3.63, 3.8) is 0 Å². The summed E-state index contributed by atoms with van der Waals surface area (Å²) >= 11 is 0. The first-order valence-corrected chi connectivity index (χ1v) is 6.49. The SMILES string of the molecule is O=C(NCCc1ccc([N+](=O)[O-])cc1)C1CC(O)CN1. The molecular formula is C13H17N3O4. The van der Waals surface area contributed by atoms with E-state index in [9.17, 15) is 20.0 Å². The molecule has 1 amide bonds. The summed E-state index contributed by atoms with van der Waals surface area (Å²) in [6.07, 6.45) is 0.586. The van der Waals surface area contributed by atoms with Crippen LogP contribution in [0.3, 0.4) is 0 Å². The lowest BCUT2D eigenvalue weighted by Crippen LogP contribution is -2.41. The molecule has 1 fully saturated rings. The molecule has 1 aromatic rings. The van der Waals surface area contributed by atoms with Crippen LogP contribution in [-0.4, -0.2) is 41.2 Å². The van der Waals surface area contributed by atoms with Gasteiger partial charge in [0.25, 0.3) is 5.69 Å². The molecule has 108 valence electrons. The normalized spacial score (nSPS) is 21.6. The number of aliphatic hydroxyl groups is 1. The lowest BCUT2D eigenvalue weighted by molar-refractivity contribution is -0.384. The van der Waals surface area contributed by atoms with Crippen molar-refractivity contribution in [2.24, 2.45) is 0 Å². The highest BCUT2D eigenvalue weighted by molar-refractivity contribution is 5.82. The molecule has 1 aromatic carbocycles. The molecule has 2 rings (SSSR count). The van der Waals surface area contributed by atoms with E-state index in [4.69, 9.17) is 0 Å². The smallest absolute Gasteiger partial charge is 0.269 e. The second-order valence-corrected chi connectivity index (χ2v) is 4.81. The maximum absolute atomic E-state index is 11.8. The van der Waals surface area contributed by atoms with Gasteiger partial charge in [-0.1, -0.05) is 12.1 Å². The van der Waals surface area contributed by atoms with Crippen molar-refractivity contribution < 1.29 is 14.8 Å². The Kier molecular flexibility index (Phi) is 4.65. The summed E-state index contributed by atoms with van der Waals surface area (Å²) < 4.78 is 0. The predicted octanol–water partition coefficient (Wildman–Crippen LogP) is -0.0237. The highest BCUT2D eigenvalue weighted by Gasteiger charge is 2.27. The summed E-state index contributed by atoms with van der Waals surface area (Å²) in [5.74, 6) is -0.122. The summed E-state index contributed by atoms with van der Waals surface area (Å²) in [7, 11) is 0. The van der Waals surface area contributed by atoms with Gasteiger partial charge in [0.15, 0.2) is 0 Å². The third-order valence-corrected chi connectivity index (χ3v) is 3.28. The molecular weight excluding hydrogens is 262 g/mol. The zero-order valence-corrected chi connectivity index (χ0v) is 10.9. The molecule has 1 aliphatic heterocycles. The van der Waals surface area contributed by atoms with Crippen molar-refractivity contribution in [3.8, 4) is 0 Å². The number of non-ortho nitro benzene ring substituents is 1. The summed E-state index contributed by atoms with van der Waals surface area (Å²) in [5, 5.41) is 25.6. The zero-order chi connectivity index (χ0) is 14.5. The van der Waals surface area contributed by atoms with Crippen LogP contribution >= 0.6 is 0 Å². The van der Waals surface area contributed by atoms with Crippen molar-refractivity contribution in [2.75, 3.05) is 13.1 Å². The Morgan fingerprint density at radius 1 is 1.45 bits per heavy atom. The van der Waals surface area contributed by atoms with Gasteiger partial charge in [0.05, 0.1) is 17.1 Å². The fourth-order valence-corrected chi connectivity index (χ4v) is 2.15. The molecule has 2 atom stereocenters. The van der Waals surface area contributed by atoms with Crippen molar-refractivity contribution in [2.45, 2.75) is 25.0 Å². The summed E-state index contributed by atoms with van der Waals surface area (Å²) in [6, 6.07) is 5.93. The van der Waals surface area contributed by atoms with Gasteiger partial charge in [0.1, 0.15) is 0 Å². The van der Waals surface area contributed by atoms with E-state index in [1.54, 1.807) is 12.1 Å². The standard InChI is InChI=1S/C13H17N3O4/c17-11-7-12(15-8-11)13(18)14-6-5-9-1-3-10(4-2-9)16(19)20/h1-4,11-12,15,17H,5-8H2,(H,14,18). The van der Waals surface area contributed by atoms with Crippen LogP contribution in [0.25, 0.3) is 0 Å². The van der Waals surface area contributed by atoms with E-state index in [1.165, 1.54) is 12.1 Å². The highest BCUT2D eigenvalue weighted by atomic mass is 16.6. The number of aliphatic hydroxyl groups excluding tert-OH is 1. The van der Waals surface area contributed by atoms with Gasteiger partial charge >= 0.3 is 0 Å². The Hall–Kier alpha value is -1.99. The Balaban J connectivity index is 1.75. The molecule has 0 saturated carbocycles. The number of hydrogen-bond donors (Lipinski definition) is 3. The Bertz CT molecular complexity index is 489. The van der Waals surface area contributed by atoms with Gasteiger partial charge in [-0.25, -0.2) is 0 Å². The number of β-amino-alcohol motifs (C(OH)–C–C–N with tert-alkyl or cyclic N) is 1. The molecule has 0 spiro atoms. The lowest BCUT2D eigenvalue weighted by atomic mass is 10.1. The first kappa shape index (κ1) is 14.4. The van der Waals surface area contributed by atoms with Crippen molar-refractivity contribution in [3.05, 3.63) is 39.9 Å². The van der Waals surface area contributed by atoms with Crippen LogP contribution in [0, 0.1) is 10.1 Å². The van der Waals surface area contributed by atoms with Crippen molar-refractivity contribution in [1.82, 2.24) is 10.6 Å². The number of hydrogen-bond acceptors (Lipinski definition) is 5. The minimum atomic E-state index is -0.458. The van der Waals surface area contributed by atoms with E-state index >= 15 is 0 Å². The number of nitrogens with zero attached hydrogens (tertiary/aromatic N) is 1. The maximum Gasteiger partial charge on any atom is 0.269 e. The van der Waals surface area contributed by atoms with Crippen LogP contribution in [0.15, 0.2) is 24.3 Å². The molecule has 3 N–H and O–H groups in total. The van der Waals surface area contributed by atoms with Gasteiger partial charge in [0.2, 0.25) is 5.91 Å². The predicted molar refractivity (Wildman–Crippen MR) is 72.2 cm³/mol. The molecule has 7 nitrogen and oxygen atoms in total. The number of carbonyl (C=O) groups excluding carboxylic acids is 1. The second-order valence-electron chi connectivity index (χ2n) is 4.81. The highest BCUT2D eigenvalue weighted by Crippen LogP contribution is 2.12. The first-order chi connectivity index (χ1) is 9.56. The fourth-order valence-electron chi connectivity index (χ4n) is 2.15. The van der Waals surface area contributed by atoms with E-state index in [-0.39, 0.29) is 17.6 Å². The van der Waals surface area contributed by atoms with Gasteiger partial charge in [-0.3, -0.25) is 14.9 Å². The number of nitro benzene ring substituents is 1. The number of rotatable bonds is 5. The minimum absolute atomic E-state index is 0.0573. The van der Waals surface area contributed by atoms with Gasteiger partial charge in [-0.15, -0.1) is 0 Å². The maximum atomic E-state index is 11.8. The van der Waals surface area contributed by atoms with Crippen LogP contribution in [-0.2, 0) is 11.2 Å². The fraction of sp³-hybridized carbons (Fsp3) is 0.462. The topological polar surface area (TPSA) is 104 Å². The van der Waals surface area contributed by atoms with Crippen molar-refractivity contribution >= 4 is 11.6 Å². The zero-order valence-electron chi connectivity index (χ0n) is 10.9. The van der Waals surface area contributed by atoms with E-state index < -0.39 is 11.0 Å². The molecule has 2 unspecified atom stereocenters. The lowest BCUT2D eigenvalue weighted by Gasteiger charge is -2.10. The second kappa shape index (κ2) is 6.44. The van der Waals surface area contributed by atoms with Gasteiger partial charge in [-0.05, 0) is 18.4 Å². The van der Waals surface area contributed by atoms with Crippen LogP contribution in [0.1, 0.15) is 12.0 Å². The van der Waals surface area contributed by atoms with Crippen LogP contribution in [0.2, 0.25) is 0 Å². The number of benzene rings is 1. The van der Waals surface area contributed by atoms with E-state index in [2.05, 4.69) is 10.6 Å². The molecule has 0 radical (unpaired) electrons. The van der Waals surface area contributed by atoms with E-state index in [0.717, 1.165) is 5.56 Å². The minimum Gasteiger partial charge on any atom is -0.392 e. The summed E-state index contributed by atoms with van der Waals surface area (Å²) in [5.41, 5.74) is 0.984. The molecule has 0 bridgehead atoms. The molecule has 1 heterocycles. The number of nitro groups is 1. The third-order valence-electron chi connectivity index (χ3n) is 3.28. The Labute approximate surface area is 116 Å². The van der Waals surface area contributed by atoms with Crippen LogP contribution in [0.5, 0.6) is 0 Å². The number of amides is 1. The molecule has 0 aromatic heterocycles. The molecule has 0 aliphatic carbocycles. The van der Waals surface area contributed by atoms with E-state index in [1.807, 2.05) is 0 Å². The summed E-state index contributed by atoms with van der Waals surface area (Å²) in [4.78, 5) is 21.8. The van der Waals surface area contributed by atoms with Gasteiger partial charge in [-0.2, -0.15) is 0 Å². The largest absolute Gasteiger partial charge is 0.392 e. The summed E-state index contributed by atoms with van der Waals surface area (Å²) in [6.45, 7) is 0.908. The van der Waals surface area contributed by atoms with Crippen molar-refractivity contribution in [1.29, 1.82) is 0 Å². The quantitative estimate of drug-likeness (QED) is 0.519. The van der Waals surface area contributed by atoms with Gasteiger partial charge < -0.3 is 15.7 Å². The number of nitrogens with one attached hydrogen (secondary N) is 2. The Morgan fingerprint density at radius 2 is 2.15 bits per heavy atom. The average molecular weight is 279 g/mol. The van der Waals surface area contributed by atoms with Gasteiger partial charge in [0, 0.05) is 25.2 Å². The monoisotopic (exact) mass is 279 g/mol. The van der Waals surface area contributed by atoms with Crippen LogP contribution in [0.4, 0.5) is 5.69 Å². The third kappa shape index (κ3) is 3.75.